The number of nitrogens with zero attached hydrogens (tertiary/aromatic N) is 1. The minimum Gasteiger partial charge on any atom is -0.343 e. The van der Waals surface area contributed by atoms with Crippen LogP contribution < -0.4 is 5.32 Å². The Morgan fingerprint density at radius 1 is 1.33 bits per heavy atom. The van der Waals surface area contributed by atoms with Gasteiger partial charge in [-0.25, -0.2) is 0 Å². The summed E-state index contributed by atoms with van der Waals surface area (Å²) < 4.78 is 0. The van der Waals surface area contributed by atoms with E-state index >= 15 is 0 Å². The molecule has 1 atom stereocenters. The summed E-state index contributed by atoms with van der Waals surface area (Å²) in [5, 5.41) is 3.42. The van der Waals surface area contributed by atoms with E-state index in [0.29, 0.717) is 12.3 Å². The third-order valence-corrected chi connectivity index (χ3v) is 3.45. The lowest BCUT2D eigenvalue weighted by molar-refractivity contribution is -0.135. The molecule has 0 aromatic heterocycles. The van der Waals surface area contributed by atoms with Gasteiger partial charge < -0.3 is 10.2 Å². The van der Waals surface area contributed by atoms with Crippen LogP contribution >= 0.6 is 0 Å². The quantitative estimate of drug-likeness (QED) is 0.830. The first kappa shape index (κ1) is 13.1. The highest BCUT2D eigenvalue weighted by Crippen LogP contribution is 2.12. The molecule has 1 N–H and O–H groups in total. The maximum Gasteiger partial charge on any atom is 0.224 e. The van der Waals surface area contributed by atoms with Crippen LogP contribution in [0, 0.1) is 0 Å². The number of carbonyl (C=O) groups is 1. The van der Waals surface area contributed by atoms with Gasteiger partial charge in [-0.1, -0.05) is 37.3 Å². The molecule has 1 aromatic rings. The standard InChI is InChI=1S/C15H22N2O/c1-2-16-14(11-13-7-4-3-5-8-13)12-15(18)17-9-6-10-17/h3-5,7-8,14,16H,2,6,9-12H2,1H3/t14-/m0/s1. The van der Waals surface area contributed by atoms with Crippen molar-refractivity contribution in [1.29, 1.82) is 0 Å². The summed E-state index contributed by atoms with van der Waals surface area (Å²) in [4.78, 5) is 13.9. The molecule has 0 aliphatic carbocycles. The first-order valence-corrected chi connectivity index (χ1v) is 6.84. The third-order valence-electron chi connectivity index (χ3n) is 3.45. The van der Waals surface area contributed by atoms with E-state index in [9.17, 15) is 4.79 Å². The van der Waals surface area contributed by atoms with Crippen molar-refractivity contribution < 1.29 is 4.79 Å². The summed E-state index contributed by atoms with van der Waals surface area (Å²) in [6, 6.07) is 10.6. The summed E-state index contributed by atoms with van der Waals surface area (Å²) in [5.74, 6) is 0.295. The first-order chi connectivity index (χ1) is 8.79. The van der Waals surface area contributed by atoms with E-state index in [4.69, 9.17) is 0 Å². The monoisotopic (exact) mass is 246 g/mol. The molecule has 2 rings (SSSR count). The number of nitrogens with one attached hydrogen (secondary N) is 1. The van der Waals surface area contributed by atoms with Crippen molar-refractivity contribution in [3.05, 3.63) is 35.9 Å². The average molecular weight is 246 g/mol. The van der Waals surface area contributed by atoms with Crippen LogP contribution in [0.4, 0.5) is 0 Å². The lowest BCUT2D eigenvalue weighted by Crippen LogP contribution is -2.45. The van der Waals surface area contributed by atoms with Gasteiger partial charge in [0, 0.05) is 25.6 Å². The second kappa shape index (κ2) is 6.55. The van der Waals surface area contributed by atoms with Crippen LogP contribution in [0.5, 0.6) is 0 Å². The Bertz CT molecular complexity index is 373. The van der Waals surface area contributed by atoms with Gasteiger partial charge in [-0.3, -0.25) is 4.79 Å². The van der Waals surface area contributed by atoms with E-state index in [2.05, 4.69) is 36.5 Å². The van der Waals surface area contributed by atoms with E-state index in [1.54, 1.807) is 0 Å². The average Bonchev–Trinajstić information content (AvgIpc) is 2.28. The number of hydrogen-bond donors (Lipinski definition) is 1. The molecule has 0 unspecified atom stereocenters. The highest BCUT2D eigenvalue weighted by atomic mass is 16.2. The fourth-order valence-electron chi connectivity index (χ4n) is 2.31. The topological polar surface area (TPSA) is 32.3 Å². The summed E-state index contributed by atoms with van der Waals surface area (Å²) >= 11 is 0. The maximum atomic E-state index is 12.0. The second-order valence-corrected chi connectivity index (χ2v) is 4.88. The lowest BCUT2D eigenvalue weighted by Gasteiger charge is -2.32. The smallest absolute Gasteiger partial charge is 0.224 e. The molecule has 3 nitrogen and oxygen atoms in total. The van der Waals surface area contributed by atoms with Crippen LogP contribution in [0.15, 0.2) is 30.3 Å². The van der Waals surface area contributed by atoms with Crippen LogP contribution in [0.2, 0.25) is 0 Å². The summed E-state index contributed by atoms with van der Waals surface area (Å²) in [6.07, 6.45) is 2.70. The molecule has 1 fully saturated rings. The number of carbonyl (C=O) groups excluding carboxylic acids is 1. The number of benzene rings is 1. The Hall–Kier alpha value is -1.35. The maximum absolute atomic E-state index is 12.0. The van der Waals surface area contributed by atoms with Gasteiger partial charge in [-0.05, 0) is 24.9 Å². The molecule has 0 bridgehead atoms. The van der Waals surface area contributed by atoms with Crippen molar-refractivity contribution in [3.8, 4) is 0 Å². The minimum atomic E-state index is 0.255. The van der Waals surface area contributed by atoms with E-state index < -0.39 is 0 Å². The number of likely N-dealkylation sites (tertiary alicyclic amines) is 1. The van der Waals surface area contributed by atoms with E-state index in [1.165, 1.54) is 5.56 Å². The van der Waals surface area contributed by atoms with E-state index in [-0.39, 0.29) is 6.04 Å². The Balaban J connectivity index is 1.88. The Kier molecular flexibility index (Phi) is 4.76. The van der Waals surface area contributed by atoms with Crippen LogP contribution in [-0.2, 0) is 11.2 Å². The van der Waals surface area contributed by atoms with Gasteiger partial charge in [0.05, 0.1) is 0 Å². The molecule has 1 heterocycles. The molecule has 0 saturated carbocycles. The lowest BCUT2D eigenvalue weighted by atomic mass is 10.0. The highest BCUT2D eigenvalue weighted by Gasteiger charge is 2.23. The SMILES string of the molecule is CCN[C@H](CC(=O)N1CCC1)Cc1ccccc1. The summed E-state index contributed by atoms with van der Waals surface area (Å²) in [6.45, 7) is 4.89. The highest BCUT2D eigenvalue weighted by molar-refractivity contribution is 5.77. The normalized spacial score (nSPS) is 16.2. The van der Waals surface area contributed by atoms with Gasteiger partial charge in [0.2, 0.25) is 5.91 Å². The van der Waals surface area contributed by atoms with Crippen LogP contribution in [0.25, 0.3) is 0 Å². The number of likely N-dealkylation sites (N-methyl/N-ethyl adjacent to an activating group) is 1. The minimum absolute atomic E-state index is 0.255. The second-order valence-electron chi connectivity index (χ2n) is 4.88. The van der Waals surface area contributed by atoms with Gasteiger partial charge in [-0.2, -0.15) is 0 Å². The fourth-order valence-corrected chi connectivity index (χ4v) is 2.31. The van der Waals surface area contributed by atoms with Gasteiger partial charge in [0.1, 0.15) is 0 Å². The van der Waals surface area contributed by atoms with Crippen LogP contribution in [0.1, 0.15) is 25.3 Å². The zero-order chi connectivity index (χ0) is 12.8. The van der Waals surface area contributed by atoms with Crippen molar-refractivity contribution >= 4 is 5.91 Å². The largest absolute Gasteiger partial charge is 0.343 e. The molecule has 0 radical (unpaired) electrons. The third kappa shape index (κ3) is 3.57. The van der Waals surface area contributed by atoms with Crippen molar-refractivity contribution in [2.24, 2.45) is 0 Å². The zero-order valence-electron chi connectivity index (χ0n) is 11.1. The van der Waals surface area contributed by atoms with Gasteiger partial charge >= 0.3 is 0 Å². The van der Waals surface area contributed by atoms with E-state index in [0.717, 1.165) is 32.5 Å². The van der Waals surface area contributed by atoms with Crippen LogP contribution in [-0.4, -0.2) is 36.5 Å². The van der Waals surface area contributed by atoms with Gasteiger partial charge in [0.25, 0.3) is 0 Å². The molecule has 1 aromatic carbocycles. The zero-order valence-corrected chi connectivity index (χ0v) is 11.1. The molecule has 18 heavy (non-hydrogen) atoms. The predicted octanol–water partition coefficient (Wildman–Crippen LogP) is 1.83. The Labute approximate surface area is 109 Å². The van der Waals surface area contributed by atoms with Crippen molar-refractivity contribution in [2.75, 3.05) is 19.6 Å². The molecule has 1 amide bonds. The van der Waals surface area contributed by atoms with Crippen molar-refractivity contribution in [2.45, 2.75) is 32.2 Å². The molecule has 1 aliphatic rings. The summed E-state index contributed by atoms with van der Waals surface area (Å²) in [5.41, 5.74) is 1.29. The number of rotatable bonds is 6. The summed E-state index contributed by atoms with van der Waals surface area (Å²) in [7, 11) is 0. The van der Waals surface area contributed by atoms with Gasteiger partial charge in [0.15, 0.2) is 0 Å². The molecule has 98 valence electrons. The molecule has 1 aliphatic heterocycles. The Morgan fingerprint density at radius 3 is 2.61 bits per heavy atom. The van der Waals surface area contributed by atoms with Crippen LogP contribution in [0.3, 0.4) is 0 Å². The molecular formula is C15H22N2O. The predicted molar refractivity (Wildman–Crippen MR) is 73.4 cm³/mol. The van der Waals surface area contributed by atoms with Gasteiger partial charge in [-0.15, -0.1) is 0 Å². The Morgan fingerprint density at radius 2 is 2.06 bits per heavy atom. The number of amides is 1. The fraction of sp³-hybridized carbons (Fsp3) is 0.533. The molecule has 3 heteroatoms. The van der Waals surface area contributed by atoms with Crippen molar-refractivity contribution in [3.63, 3.8) is 0 Å². The molecule has 1 saturated heterocycles. The first-order valence-electron chi connectivity index (χ1n) is 6.84. The molecule has 0 spiro atoms. The van der Waals surface area contributed by atoms with E-state index in [1.807, 2.05) is 11.0 Å². The molecular weight excluding hydrogens is 224 g/mol. The number of hydrogen-bond acceptors (Lipinski definition) is 2. The van der Waals surface area contributed by atoms with Crippen molar-refractivity contribution in [1.82, 2.24) is 10.2 Å².